The van der Waals surface area contributed by atoms with Crippen LogP contribution in [0.5, 0.6) is 0 Å². The normalized spacial score (nSPS) is 19.6. The van der Waals surface area contributed by atoms with Gasteiger partial charge >= 0.3 is 0 Å². The number of benzene rings is 1. The van der Waals surface area contributed by atoms with E-state index in [0.717, 1.165) is 0 Å². The van der Waals surface area contributed by atoms with Crippen LogP contribution in [0.1, 0.15) is 35.1 Å². The minimum atomic E-state index is -0.520. The van der Waals surface area contributed by atoms with Crippen molar-refractivity contribution < 1.29 is 9.59 Å². The number of imide groups is 1. The number of carbonyl (C=O) groups is 2. The van der Waals surface area contributed by atoms with E-state index in [1.54, 1.807) is 0 Å². The number of likely N-dealkylation sites (tertiary alicyclic amines) is 1. The van der Waals surface area contributed by atoms with E-state index in [1.165, 1.54) is 27.2 Å². The van der Waals surface area contributed by atoms with Crippen LogP contribution in [0.3, 0.4) is 0 Å². The Labute approximate surface area is 119 Å². The highest BCUT2D eigenvalue weighted by Gasteiger charge is 2.31. The molecular weight excluding hydrogens is 252 g/mol. The van der Waals surface area contributed by atoms with Gasteiger partial charge in [0.1, 0.15) is 0 Å². The molecule has 108 valence electrons. The molecule has 0 saturated carbocycles. The molecule has 2 amide bonds. The quantitative estimate of drug-likeness (QED) is 0.852. The van der Waals surface area contributed by atoms with Gasteiger partial charge in [-0.15, -0.1) is 0 Å². The second-order valence-corrected chi connectivity index (χ2v) is 5.66. The monoisotopic (exact) mass is 274 g/mol. The number of aryl methyl sites for hydroxylation is 3. The number of hydrogen-bond donors (Lipinski definition) is 1. The second kappa shape index (κ2) is 5.75. The number of nitrogens with two attached hydrogens (primary N) is 1. The van der Waals surface area contributed by atoms with Crippen LogP contribution in [0.2, 0.25) is 0 Å². The molecule has 1 atom stereocenters. The van der Waals surface area contributed by atoms with Gasteiger partial charge in [0.2, 0.25) is 11.8 Å². The van der Waals surface area contributed by atoms with Crippen molar-refractivity contribution in [1.29, 1.82) is 0 Å². The lowest BCUT2D eigenvalue weighted by molar-refractivity contribution is -0.149. The van der Waals surface area contributed by atoms with Crippen LogP contribution in [0.15, 0.2) is 12.1 Å². The van der Waals surface area contributed by atoms with Gasteiger partial charge in [0.25, 0.3) is 0 Å². The molecule has 1 saturated heterocycles. The van der Waals surface area contributed by atoms with Crippen molar-refractivity contribution in [2.24, 2.45) is 5.73 Å². The van der Waals surface area contributed by atoms with E-state index in [4.69, 9.17) is 5.73 Å². The second-order valence-electron chi connectivity index (χ2n) is 5.66. The molecule has 2 rings (SSSR count). The zero-order chi connectivity index (χ0) is 14.9. The summed E-state index contributed by atoms with van der Waals surface area (Å²) in [7, 11) is 0. The summed E-state index contributed by atoms with van der Waals surface area (Å²) in [6.07, 6.45) is 1.54. The van der Waals surface area contributed by atoms with E-state index in [1.807, 2.05) is 0 Å². The fourth-order valence-corrected chi connectivity index (χ4v) is 2.92. The Morgan fingerprint density at radius 1 is 1.20 bits per heavy atom. The molecule has 1 aliphatic heterocycles. The van der Waals surface area contributed by atoms with Crippen LogP contribution in [0, 0.1) is 20.8 Å². The van der Waals surface area contributed by atoms with Crippen LogP contribution < -0.4 is 5.73 Å². The third-order valence-corrected chi connectivity index (χ3v) is 3.98. The summed E-state index contributed by atoms with van der Waals surface area (Å²) in [4.78, 5) is 25.1. The Morgan fingerprint density at radius 2 is 1.80 bits per heavy atom. The SMILES string of the molecule is Cc1cc(C)c(CCN2C(=O)CCC(N)C2=O)c(C)c1. The molecule has 1 heterocycles. The number of rotatable bonds is 3. The van der Waals surface area contributed by atoms with Crippen LogP contribution in [0.25, 0.3) is 0 Å². The Kier molecular flexibility index (Phi) is 4.23. The molecule has 0 bridgehead atoms. The average molecular weight is 274 g/mol. The van der Waals surface area contributed by atoms with Crippen molar-refractivity contribution in [1.82, 2.24) is 4.90 Å². The summed E-state index contributed by atoms with van der Waals surface area (Å²) < 4.78 is 0. The first-order chi connectivity index (χ1) is 9.40. The fourth-order valence-electron chi connectivity index (χ4n) is 2.92. The highest BCUT2D eigenvalue weighted by Crippen LogP contribution is 2.19. The topological polar surface area (TPSA) is 63.4 Å². The van der Waals surface area contributed by atoms with Gasteiger partial charge in [0.05, 0.1) is 6.04 Å². The molecular formula is C16H22N2O2. The lowest BCUT2D eigenvalue weighted by Crippen LogP contribution is -2.51. The van der Waals surface area contributed by atoms with Crippen molar-refractivity contribution in [2.45, 2.75) is 46.1 Å². The molecule has 4 nitrogen and oxygen atoms in total. The minimum Gasteiger partial charge on any atom is -0.320 e. The predicted molar refractivity (Wildman–Crippen MR) is 78.3 cm³/mol. The molecule has 1 aliphatic rings. The summed E-state index contributed by atoms with van der Waals surface area (Å²) in [5.74, 6) is -0.331. The summed E-state index contributed by atoms with van der Waals surface area (Å²) in [5.41, 5.74) is 10.6. The van der Waals surface area contributed by atoms with E-state index in [2.05, 4.69) is 32.9 Å². The van der Waals surface area contributed by atoms with Gasteiger partial charge in [-0.25, -0.2) is 0 Å². The van der Waals surface area contributed by atoms with E-state index in [9.17, 15) is 9.59 Å². The van der Waals surface area contributed by atoms with E-state index < -0.39 is 6.04 Å². The molecule has 0 radical (unpaired) electrons. The highest BCUT2D eigenvalue weighted by molar-refractivity contribution is 6.00. The van der Waals surface area contributed by atoms with Crippen LogP contribution >= 0.6 is 0 Å². The van der Waals surface area contributed by atoms with Gasteiger partial charge in [-0.05, 0) is 50.3 Å². The first kappa shape index (κ1) is 14.7. The van der Waals surface area contributed by atoms with Gasteiger partial charge in [-0.1, -0.05) is 17.7 Å². The number of amides is 2. The van der Waals surface area contributed by atoms with Crippen LogP contribution in [-0.4, -0.2) is 29.3 Å². The number of hydrogen-bond acceptors (Lipinski definition) is 3. The maximum atomic E-state index is 12.0. The van der Waals surface area contributed by atoms with Crippen molar-refractivity contribution in [3.8, 4) is 0 Å². The molecule has 20 heavy (non-hydrogen) atoms. The van der Waals surface area contributed by atoms with Crippen LogP contribution in [-0.2, 0) is 16.0 Å². The zero-order valence-electron chi connectivity index (χ0n) is 12.4. The van der Waals surface area contributed by atoms with Gasteiger partial charge in [0, 0.05) is 13.0 Å². The molecule has 0 aliphatic carbocycles. The van der Waals surface area contributed by atoms with Gasteiger partial charge < -0.3 is 5.73 Å². The Balaban J connectivity index is 2.12. The van der Waals surface area contributed by atoms with Gasteiger partial charge in [-0.2, -0.15) is 0 Å². The number of nitrogens with zero attached hydrogens (tertiary/aromatic N) is 1. The van der Waals surface area contributed by atoms with Crippen molar-refractivity contribution in [3.05, 3.63) is 34.4 Å². The van der Waals surface area contributed by atoms with Crippen molar-refractivity contribution in [2.75, 3.05) is 6.54 Å². The molecule has 2 N–H and O–H groups in total. The molecule has 1 fully saturated rings. The zero-order valence-corrected chi connectivity index (χ0v) is 12.4. The Morgan fingerprint density at radius 3 is 2.40 bits per heavy atom. The third-order valence-electron chi connectivity index (χ3n) is 3.98. The van der Waals surface area contributed by atoms with E-state index >= 15 is 0 Å². The number of piperidine rings is 1. The molecule has 0 spiro atoms. The Hall–Kier alpha value is -1.68. The molecule has 0 aromatic heterocycles. The minimum absolute atomic E-state index is 0.0980. The largest absolute Gasteiger partial charge is 0.320 e. The number of carbonyl (C=O) groups excluding carboxylic acids is 2. The smallest absolute Gasteiger partial charge is 0.246 e. The fraction of sp³-hybridized carbons (Fsp3) is 0.500. The summed E-state index contributed by atoms with van der Waals surface area (Å²) >= 11 is 0. The standard InChI is InChI=1S/C16H22N2O2/c1-10-8-11(2)13(12(3)9-10)6-7-18-15(19)5-4-14(17)16(18)20/h8-9,14H,4-7,17H2,1-3H3. The van der Waals surface area contributed by atoms with Crippen LogP contribution in [0.4, 0.5) is 0 Å². The summed E-state index contributed by atoms with van der Waals surface area (Å²) in [5, 5.41) is 0. The lowest BCUT2D eigenvalue weighted by atomic mass is 9.96. The lowest BCUT2D eigenvalue weighted by Gasteiger charge is -2.29. The van der Waals surface area contributed by atoms with Gasteiger partial charge in [-0.3, -0.25) is 14.5 Å². The summed E-state index contributed by atoms with van der Waals surface area (Å²) in [6.45, 7) is 6.64. The van der Waals surface area contributed by atoms with Crippen molar-refractivity contribution >= 4 is 11.8 Å². The average Bonchev–Trinajstić information content (AvgIpc) is 2.36. The summed E-state index contributed by atoms with van der Waals surface area (Å²) in [6, 6.07) is 3.75. The van der Waals surface area contributed by atoms with Crippen molar-refractivity contribution in [3.63, 3.8) is 0 Å². The predicted octanol–water partition coefficient (Wildman–Crippen LogP) is 1.63. The molecule has 1 aromatic rings. The molecule has 1 unspecified atom stereocenters. The molecule has 4 heteroatoms. The first-order valence-electron chi connectivity index (χ1n) is 7.06. The maximum absolute atomic E-state index is 12.0. The highest BCUT2D eigenvalue weighted by atomic mass is 16.2. The third kappa shape index (κ3) is 2.90. The maximum Gasteiger partial charge on any atom is 0.246 e. The van der Waals surface area contributed by atoms with Gasteiger partial charge in [0.15, 0.2) is 0 Å². The van der Waals surface area contributed by atoms with E-state index in [0.29, 0.717) is 25.8 Å². The molecule has 1 aromatic carbocycles. The first-order valence-corrected chi connectivity index (χ1v) is 7.06. The Bertz CT molecular complexity index is 528. The van der Waals surface area contributed by atoms with E-state index in [-0.39, 0.29) is 11.8 Å².